The maximum Gasteiger partial charge on any atom is 0.500 e. The second kappa shape index (κ2) is 10.5. The highest BCUT2D eigenvalue weighted by molar-refractivity contribution is 6.60. The number of unbranched alkanes of at least 4 members (excludes halogenated alkanes) is 1. The summed E-state index contributed by atoms with van der Waals surface area (Å²) in [6.45, 7) is 13.9. The summed E-state index contributed by atoms with van der Waals surface area (Å²) < 4.78 is 22.9. The molecule has 0 spiro atoms. The minimum Gasteiger partial charge on any atom is -0.464 e. The number of hydrogen-bond acceptors (Lipinski definition) is 6. The van der Waals surface area contributed by atoms with E-state index >= 15 is 0 Å². The number of carbonyl (C=O) groups is 1. The summed E-state index contributed by atoms with van der Waals surface area (Å²) in [5.41, 5.74) is -0.444. The van der Waals surface area contributed by atoms with Crippen molar-refractivity contribution in [1.82, 2.24) is 4.90 Å². The van der Waals surface area contributed by atoms with E-state index in [9.17, 15) is 4.79 Å². The standard InChI is InChI=1S/C17H35NO5Si/c1-6-10-13-20-16(19)17(5)15-18(17)12-11-14-24(21-7-2,22-8-3)23-9-4/h6-15H2,1-5H3. The first-order valence-electron chi connectivity index (χ1n) is 9.32. The maximum absolute atomic E-state index is 12.2. The third-order valence-corrected chi connectivity index (χ3v) is 7.42. The van der Waals surface area contributed by atoms with Crippen LogP contribution in [0.3, 0.4) is 0 Å². The Morgan fingerprint density at radius 3 is 2.12 bits per heavy atom. The second-order valence-corrected chi connectivity index (χ2v) is 9.00. The Labute approximate surface area is 148 Å². The van der Waals surface area contributed by atoms with Crippen LogP contribution in [-0.4, -0.2) is 64.7 Å². The number of nitrogens with zero attached hydrogens (tertiary/aromatic N) is 1. The molecule has 2 atom stereocenters. The first-order chi connectivity index (χ1) is 11.5. The first kappa shape index (κ1) is 21.6. The molecule has 1 aliphatic rings. The lowest BCUT2D eigenvalue weighted by molar-refractivity contribution is -0.147. The lowest BCUT2D eigenvalue weighted by Gasteiger charge is -2.28. The fraction of sp³-hybridized carbons (Fsp3) is 0.941. The Morgan fingerprint density at radius 1 is 1.04 bits per heavy atom. The molecule has 142 valence electrons. The molecule has 7 heteroatoms. The highest BCUT2D eigenvalue weighted by Crippen LogP contribution is 2.34. The molecule has 0 N–H and O–H groups in total. The van der Waals surface area contributed by atoms with E-state index in [-0.39, 0.29) is 5.97 Å². The number of hydrogen-bond donors (Lipinski definition) is 0. The molecule has 0 aromatic rings. The van der Waals surface area contributed by atoms with Gasteiger partial charge in [-0.3, -0.25) is 9.69 Å². The van der Waals surface area contributed by atoms with Gasteiger partial charge in [0.2, 0.25) is 0 Å². The van der Waals surface area contributed by atoms with Gasteiger partial charge in [-0.1, -0.05) is 13.3 Å². The van der Waals surface area contributed by atoms with Crippen molar-refractivity contribution in [2.75, 3.05) is 39.5 Å². The summed E-state index contributed by atoms with van der Waals surface area (Å²) in [4.78, 5) is 14.3. The van der Waals surface area contributed by atoms with Gasteiger partial charge in [-0.05, 0) is 47.1 Å². The molecule has 0 saturated carbocycles. The molecule has 0 radical (unpaired) electrons. The van der Waals surface area contributed by atoms with Crippen LogP contribution in [0.25, 0.3) is 0 Å². The van der Waals surface area contributed by atoms with Crippen molar-refractivity contribution in [1.29, 1.82) is 0 Å². The predicted octanol–water partition coefficient (Wildman–Crippen LogP) is 2.84. The van der Waals surface area contributed by atoms with Crippen LogP contribution in [0, 0.1) is 0 Å². The SMILES string of the molecule is CCCCOC(=O)C1(C)CN1CCC[Si](OCC)(OCC)OCC. The van der Waals surface area contributed by atoms with E-state index in [0.717, 1.165) is 38.4 Å². The third-order valence-electron chi connectivity index (χ3n) is 4.27. The average molecular weight is 362 g/mol. The van der Waals surface area contributed by atoms with Gasteiger partial charge in [0, 0.05) is 32.4 Å². The van der Waals surface area contributed by atoms with Gasteiger partial charge in [-0.2, -0.15) is 0 Å². The van der Waals surface area contributed by atoms with E-state index in [1.807, 2.05) is 27.7 Å². The van der Waals surface area contributed by atoms with Gasteiger partial charge < -0.3 is 18.0 Å². The molecular weight excluding hydrogens is 326 g/mol. The van der Waals surface area contributed by atoms with Crippen LogP contribution in [-0.2, 0) is 22.8 Å². The van der Waals surface area contributed by atoms with E-state index in [1.165, 1.54) is 0 Å². The van der Waals surface area contributed by atoms with Gasteiger partial charge >= 0.3 is 14.8 Å². The van der Waals surface area contributed by atoms with Gasteiger partial charge in [0.25, 0.3) is 0 Å². The normalized spacial score (nSPS) is 23.3. The number of carbonyl (C=O) groups excluding carboxylic acids is 1. The van der Waals surface area contributed by atoms with E-state index in [0.29, 0.717) is 26.4 Å². The lowest BCUT2D eigenvalue weighted by Crippen LogP contribution is -2.46. The molecule has 0 bridgehead atoms. The Hall–Kier alpha value is -0.473. The summed E-state index contributed by atoms with van der Waals surface area (Å²) in [5, 5.41) is 0. The number of ether oxygens (including phenoxy) is 1. The molecule has 2 unspecified atom stereocenters. The van der Waals surface area contributed by atoms with E-state index in [4.69, 9.17) is 18.0 Å². The fourth-order valence-electron chi connectivity index (χ4n) is 2.81. The van der Waals surface area contributed by atoms with Crippen LogP contribution in [0.4, 0.5) is 0 Å². The zero-order chi connectivity index (χ0) is 18.1. The maximum atomic E-state index is 12.2. The van der Waals surface area contributed by atoms with Gasteiger partial charge in [0.1, 0.15) is 5.54 Å². The van der Waals surface area contributed by atoms with Gasteiger partial charge in [-0.15, -0.1) is 0 Å². The quantitative estimate of drug-likeness (QED) is 0.205. The molecule has 1 rings (SSSR count). The van der Waals surface area contributed by atoms with Crippen LogP contribution >= 0.6 is 0 Å². The summed E-state index contributed by atoms with van der Waals surface area (Å²) in [6.07, 6.45) is 2.85. The lowest BCUT2D eigenvalue weighted by atomic mass is 10.2. The van der Waals surface area contributed by atoms with Crippen molar-refractivity contribution < 1.29 is 22.8 Å². The molecule has 1 aliphatic heterocycles. The molecule has 1 saturated heterocycles. The zero-order valence-electron chi connectivity index (χ0n) is 16.1. The zero-order valence-corrected chi connectivity index (χ0v) is 17.1. The summed E-state index contributed by atoms with van der Waals surface area (Å²) in [7, 11) is -2.58. The molecule has 0 aromatic carbocycles. The van der Waals surface area contributed by atoms with Crippen molar-refractivity contribution >= 4 is 14.8 Å². The van der Waals surface area contributed by atoms with Crippen molar-refractivity contribution in [2.45, 2.75) is 65.5 Å². The minimum atomic E-state index is -2.58. The van der Waals surface area contributed by atoms with Crippen molar-refractivity contribution in [3.63, 3.8) is 0 Å². The average Bonchev–Trinajstić information content (AvgIpc) is 3.20. The first-order valence-corrected chi connectivity index (χ1v) is 11.2. The predicted molar refractivity (Wildman–Crippen MR) is 95.9 cm³/mol. The molecule has 6 nitrogen and oxygen atoms in total. The van der Waals surface area contributed by atoms with Gasteiger partial charge in [-0.25, -0.2) is 0 Å². The number of esters is 1. The molecular formula is C17H35NO5Si. The van der Waals surface area contributed by atoms with Crippen LogP contribution in [0.5, 0.6) is 0 Å². The molecule has 24 heavy (non-hydrogen) atoms. The Morgan fingerprint density at radius 2 is 1.62 bits per heavy atom. The van der Waals surface area contributed by atoms with Crippen LogP contribution < -0.4 is 0 Å². The monoisotopic (exact) mass is 361 g/mol. The smallest absolute Gasteiger partial charge is 0.464 e. The van der Waals surface area contributed by atoms with Crippen LogP contribution in [0.2, 0.25) is 6.04 Å². The minimum absolute atomic E-state index is 0.0983. The summed E-state index contributed by atoms with van der Waals surface area (Å²) >= 11 is 0. The van der Waals surface area contributed by atoms with Crippen molar-refractivity contribution in [2.24, 2.45) is 0 Å². The molecule has 0 amide bonds. The van der Waals surface area contributed by atoms with Crippen LogP contribution in [0.15, 0.2) is 0 Å². The fourth-order valence-corrected chi connectivity index (χ4v) is 5.40. The third kappa shape index (κ3) is 6.11. The van der Waals surface area contributed by atoms with E-state index in [2.05, 4.69) is 11.8 Å². The Bertz CT molecular complexity index is 365. The highest BCUT2D eigenvalue weighted by atomic mass is 28.4. The highest BCUT2D eigenvalue weighted by Gasteiger charge is 2.55. The number of rotatable bonds is 14. The largest absolute Gasteiger partial charge is 0.500 e. The molecule has 1 fully saturated rings. The van der Waals surface area contributed by atoms with Crippen LogP contribution in [0.1, 0.15) is 53.9 Å². The van der Waals surface area contributed by atoms with Gasteiger partial charge in [0.15, 0.2) is 0 Å². The van der Waals surface area contributed by atoms with Crippen molar-refractivity contribution in [3.8, 4) is 0 Å². The Balaban J connectivity index is 2.41. The summed E-state index contributed by atoms with van der Waals surface area (Å²) in [6, 6.07) is 0.778. The van der Waals surface area contributed by atoms with Crippen molar-refractivity contribution in [3.05, 3.63) is 0 Å². The second-order valence-electron chi connectivity index (χ2n) is 6.27. The van der Waals surface area contributed by atoms with E-state index < -0.39 is 14.3 Å². The molecule has 0 aromatic heterocycles. The topological polar surface area (TPSA) is 57.0 Å². The molecule has 1 heterocycles. The van der Waals surface area contributed by atoms with Gasteiger partial charge in [0.05, 0.1) is 6.61 Å². The van der Waals surface area contributed by atoms with E-state index in [1.54, 1.807) is 0 Å². The summed E-state index contributed by atoms with van der Waals surface area (Å²) in [5.74, 6) is -0.0983. The molecule has 0 aliphatic carbocycles. The Kier molecular flexibility index (Phi) is 9.44.